The van der Waals surface area contributed by atoms with Gasteiger partial charge in [0.15, 0.2) is 17.3 Å². The lowest BCUT2D eigenvalue weighted by atomic mass is 10.1. The summed E-state index contributed by atoms with van der Waals surface area (Å²) >= 11 is 6.16. The molecular weight excluding hydrogens is 280 g/mol. The number of halogens is 1. The minimum absolute atomic E-state index is 0.00199. The summed E-state index contributed by atoms with van der Waals surface area (Å²) in [5.41, 5.74) is 0.475. The molecular formula is C14H19ClN2O3. The van der Waals surface area contributed by atoms with Crippen LogP contribution >= 0.6 is 11.6 Å². The lowest BCUT2D eigenvalue weighted by molar-refractivity contribution is 0.0921. The van der Waals surface area contributed by atoms with E-state index in [0.29, 0.717) is 28.6 Å². The van der Waals surface area contributed by atoms with E-state index in [2.05, 4.69) is 10.2 Å². The first-order chi connectivity index (χ1) is 9.65. The van der Waals surface area contributed by atoms with Gasteiger partial charge < -0.3 is 14.8 Å². The maximum atomic E-state index is 12.4. The summed E-state index contributed by atoms with van der Waals surface area (Å²) in [6, 6.07) is 3.26. The number of nitrogens with zero attached hydrogens (tertiary/aromatic N) is 1. The van der Waals surface area contributed by atoms with E-state index < -0.39 is 0 Å². The predicted octanol–water partition coefficient (Wildman–Crippen LogP) is 1.45. The molecule has 0 radical (unpaired) electrons. The van der Waals surface area contributed by atoms with Gasteiger partial charge >= 0.3 is 0 Å². The molecule has 110 valence electrons. The van der Waals surface area contributed by atoms with Crippen LogP contribution in [0.1, 0.15) is 10.4 Å². The maximum absolute atomic E-state index is 12.4. The van der Waals surface area contributed by atoms with Crippen LogP contribution in [0.4, 0.5) is 0 Å². The molecule has 0 amide bonds. The fourth-order valence-electron chi connectivity index (χ4n) is 2.23. The Morgan fingerprint density at radius 3 is 2.45 bits per heavy atom. The van der Waals surface area contributed by atoms with Crippen molar-refractivity contribution in [2.24, 2.45) is 0 Å². The minimum Gasteiger partial charge on any atom is -0.493 e. The number of carbonyl (C=O) groups excluding carboxylic acids is 1. The molecule has 0 spiro atoms. The smallest absolute Gasteiger partial charge is 0.178 e. The monoisotopic (exact) mass is 298 g/mol. The third kappa shape index (κ3) is 3.42. The third-order valence-corrected chi connectivity index (χ3v) is 3.66. The number of ether oxygens (including phenoxy) is 2. The second kappa shape index (κ2) is 6.92. The van der Waals surface area contributed by atoms with Gasteiger partial charge in [-0.3, -0.25) is 9.69 Å². The Labute approximate surface area is 123 Å². The van der Waals surface area contributed by atoms with Gasteiger partial charge in [0, 0.05) is 37.8 Å². The average molecular weight is 299 g/mol. The van der Waals surface area contributed by atoms with Crippen LogP contribution in [0.15, 0.2) is 12.1 Å². The van der Waals surface area contributed by atoms with E-state index in [1.807, 2.05) is 0 Å². The highest BCUT2D eigenvalue weighted by Crippen LogP contribution is 2.33. The summed E-state index contributed by atoms with van der Waals surface area (Å²) in [4.78, 5) is 14.5. The molecule has 6 heteroatoms. The van der Waals surface area contributed by atoms with Gasteiger partial charge in [-0.05, 0) is 6.07 Å². The van der Waals surface area contributed by atoms with E-state index in [4.69, 9.17) is 21.1 Å². The topological polar surface area (TPSA) is 50.8 Å². The molecule has 1 aromatic carbocycles. The number of methoxy groups -OCH3 is 2. The van der Waals surface area contributed by atoms with Crippen LogP contribution in [0.25, 0.3) is 0 Å². The Morgan fingerprint density at radius 2 is 1.85 bits per heavy atom. The Balaban J connectivity index is 2.16. The number of hydrogen-bond donors (Lipinski definition) is 1. The van der Waals surface area contributed by atoms with Crippen LogP contribution in [0.3, 0.4) is 0 Å². The van der Waals surface area contributed by atoms with Crippen molar-refractivity contribution in [2.45, 2.75) is 0 Å². The van der Waals surface area contributed by atoms with Crippen molar-refractivity contribution in [3.63, 3.8) is 0 Å². The first kappa shape index (κ1) is 15.1. The number of piperazine rings is 1. The zero-order valence-corrected chi connectivity index (χ0v) is 12.5. The number of ketones is 1. The Kier molecular flexibility index (Phi) is 5.23. The van der Waals surface area contributed by atoms with Crippen molar-refractivity contribution in [3.05, 3.63) is 22.7 Å². The van der Waals surface area contributed by atoms with Gasteiger partial charge in [-0.15, -0.1) is 0 Å². The molecule has 1 aromatic rings. The quantitative estimate of drug-likeness (QED) is 0.834. The molecule has 1 N–H and O–H groups in total. The fourth-order valence-corrected chi connectivity index (χ4v) is 2.48. The molecule has 0 bridgehead atoms. The molecule has 0 atom stereocenters. The molecule has 1 aliphatic rings. The van der Waals surface area contributed by atoms with Gasteiger partial charge in [0.25, 0.3) is 0 Å². The SMILES string of the molecule is COc1cc(Cl)c(C(=O)CN2CCNCC2)cc1OC. The zero-order chi connectivity index (χ0) is 14.5. The highest BCUT2D eigenvalue weighted by Gasteiger charge is 2.19. The number of Topliss-reactive ketones (excluding diaryl/α,β-unsaturated/α-hetero) is 1. The van der Waals surface area contributed by atoms with Crippen molar-refractivity contribution in [3.8, 4) is 11.5 Å². The predicted molar refractivity (Wildman–Crippen MR) is 78.2 cm³/mol. The molecule has 1 saturated heterocycles. The van der Waals surface area contributed by atoms with E-state index in [0.717, 1.165) is 26.2 Å². The molecule has 0 saturated carbocycles. The number of carbonyl (C=O) groups is 1. The molecule has 1 heterocycles. The van der Waals surface area contributed by atoms with Gasteiger partial charge in [0.2, 0.25) is 0 Å². The number of rotatable bonds is 5. The lowest BCUT2D eigenvalue weighted by Gasteiger charge is -2.26. The second-order valence-electron chi connectivity index (χ2n) is 4.64. The van der Waals surface area contributed by atoms with E-state index in [-0.39, 0.29) is 5.78 Å². The van der Waals surface area contributed by atoms with Crippen LogP contribution in [-0.2, 0) is 0 Å². The summed E-state index contributed by atoms with van der Waals surface area (Å²) in [5, 5.41) is 3.65. The Morgan fingerprint density at radius 1 is 1.25 bits per heavy atom. The standard InChI is InChI=1S/C14H19ClN2O3/c1-19-13-7-10(11(15)8-14(13)20-2)12(18)9-17-5-3-16-4-6-17/h7-8,16H,3-6,9H2,1-2H3. The highest BCUT2D eigenvalue weighted by atomic mass is 35.5. The zero-order valence-electron chi connectivity index (χ0n) is 11.7. The molecule has 1 aliphatic heterocycles. The van der Waals surface area contributed by atoms with Crippen molar-refractivity contribution in [1.82, 2.24) is 10.2 Å². The summed E-state index contributed by atoms with van der Waals surface area (Å²) in [7, 11) is 3.08. The number of nitrogens with one attached hydrogen (secondary N) is 1. The van der Waals surface area contributed by atoms with Gasteiger partial charge in [0.05, 0.1) is 25.8 Å². The number of benzene rings is 1. The number of hydrogen-bond acceptors (Lipinski definition) is 5. The van der Waals surface area contributed by atoms with Gasteiger partial charge in [-0.1, -0.05) is 11.6 Å². The van der Waals surface area contributed by atoms with E-state index in [9.17, 15) is 4.79 Å². The first-order valence-corrected chi connectivity index (χ1v) is 6.91. The van der Waals surface area contributed by atoms with Gasteiger partial charge in [0.1, 0.15) is 0 Å². The third-order valence-electron chi connectivity index (χ3n) is 3.35. The molecule has 0 aliphatic carbocycles. The average Bonchev–Trinajstić information content (AvgIpc) is 2.47. The molecule has 1 fully saturated rings. The molecule has 20 heavy (non-hydrogen) atoms. The highest BCUT2D eigenvalue weighted by molar-refractivity contribution is 6.34. The molecule has 2 rings (SSSR count). The first-order valence-electron chi connectivity index (χ1n) is 6.53. The van der Waals surface area contributed by atoms with Crippen molar-refractivity contribution in [1.29, 1.82) is 0 Å². The molecule has 0 unspecified atom stereocenters. The summed E-state index contributed by atoms with van der Waals surface area (Å²) in [6.07, 6.45) is 0. The van der Waals surface area contributed by atoms with E-state index in [1.54, 1.807) is 12.1 Å². The minimum atomic E-state index is -0.00199. The second-order valence-corrected chi connectivity index (χ2v) is 5.04. The van der Waals surface area contributed by atoms with Crippen molar-refractivity contribution >= 4 is 17.4 Å². The van der Waals surface area contributed by atoms with Crippen LogP contribution in [0, 0.1) is 0 Å². The maximum Gasteiger partial charge on any atom is 0.178 e. The van der Waals surface area contributed by atoms with E-state index >= 15 is 0 Å². The summed E-state index contributed by atoms with van der Waals surface area (Å²) in [5.74, 6) is 1.04. The lowest BCUT2D eigenvalue weighted by Crippen LogP contribution is -2.45. The molecule has 0 aromatic heterocycles. The van der Waals surface area contributed by atoms with Crippen LogP contribution in [0.5, 0.6) is 11.5 Å². The summed E-state index contributed by atoms with van der Waals surface area (Å²) < 4.78 is 10.4. The van der Waals surface area contributed by atoms with Crippen LogP contribution in [-0.4, -0.2) is 57.6 Å². The summed E-state index contributed by atoms with van der Waals surface area (Å²) in [6.45, 7) is 3.93. The normalized spacial score (nSPS) is 15.9. The van der Waals surface area contributed by atoms with E-state index in [1.165, 1.54) is 14.2 Å². The van der Waals surface area contributed by atoms with Crippen LogP contribution < -0.4 is 14.8 Å². The van der Waals surface area contributed by atoms with Gasteiger partial charge in [-0.2, -0.15) is 0 Å². The Hall–Kier alpha value is -1.30. The van der Waals surface area contributed by atoms with Crippen molar-refractivity contribution in [2.75, 3.05) is 46.9 Å². The van der Waals surface area contributed by atoms with Gasteiger partial charge in [-0.25, -0.2) is 0 Å². The fraction of sp³-hybridized carbons (Fsp3) is 0.500. The van der Waals surface area contributed by atoms with Crippen LogP contribution in [0.2, 0.25) is 5.02 Å². The molecule has 5 nitrogen and oxygen atoms in total. The van der Waals surface area contributed by atoms with Crippen molar-refractivity contribution < 1.29 is 14.3 Å². The Bertz CT molecular complexity index is 488. The largest absolute Gasteiger partial charge is 0.493 e.